The van der Waals surface area contributed by atoms with Gasteiger partial charge < -0.3 is 5.32 Å². The highest BCUT2D eigenvalue weighted by atomic mass is 35.5. The molecule has 0 unspecified atom stereocenters. The number of hydrogen-bond donors (Lipinski definition) is 1. The van der Waals surface area contributed by atoms with Crippen LogP contribution in [0.3, 0.4) is 0 Å². The van der Waals surface area contributed by atoms with E-state index in [0.717, 1.165) is 16.7 Å². The number of amides is 3. The van der Waals surface area contributed by atoms with Crippen molar-refractivity contribution in [1.29, 1.82) is 0 Å². The molecule has 0 bridgehead atoms. The largest absolute Gasteiger partial charge is 0.325 e. The predicted molar refractivity (Wildman–Crippen MR) is 105 cm³/mol. The summed E-state index contributed by atoms with van der Waals surface area (Å²) in [4.78, 5) is 37.9. The molecule has 26 heavy (non-hydrogen) atoms. The first-order valence-electron chi connectivity index (χ1n) is 7.73. The third-order valence-electron chi connectivity index (χ3n) is 3.73. The minimum absolute atomic E-state index is 0.0698. The zero-order valence-electron chi connectivity index (χ0n) is 13.4. The van der Waals surface area contributed by atoms with E-state index in [9.17, 15) is 14.4 Å². The number of benzene rings is 2. The number of imide groups is 1. The summed E-state index contributed by atoms with van der Waals surface area (Å²) >= 11 is 12.8. The zero-order chi connectivity index (χ0) is 18.7. The molecule has 1 atom stereocenters. The molecule has 3 rings (SSSR count). The Kier molecular flexibility index (Phi) is 5.86. The van der Waals surface area contributed by atoms with Gasteiger partial charge in [0.05, 0.1) is 16.7 Å². The molecule has 1 fully saturated rings. The Labute approximate surface area is 164 Å². The second-order valence-corrected chi connectivity index (χ2v) is 7.67. The van der Waals surface area contributed by atoms with Gasteiger partial charge in [-0.1, -0.05) is 23.2 Å². The summed E-state index contributed by atoms with van der Waals surface area (Å²) in [6, 6.07) is 13.2. The molecule has 1 heterocycles. The fraction of sp³-hybridized carbons (Fsp3) is 0.167. The highest BCUT2D eigenvalue weighted by molar-refractivity contribution is 8.01. The number of carbonyl (C=O) groups is 3. The summed E-state index contributed by atoms with van der Waals surface area (Å²) in [7, 11) is 0. The molecule has 8 heteroatoms. The van der Waals surface area contributed by atoms with Crippen molar-refractivity contribution in [3.8, 4) is 0 Å². The van der Waals surface area contributed by atoms with Gasteiger partial charge in [0.2, 0.25) is 17.7 Å². The minimum Gasteiger partial charge on any atom is -0.325 e. The first kappa shape index (κ1) is 18.8. The molecule has 1 saturated heterocycles. The number of nitrogens with zero attached hydrogens (tertiary/aromatic N) is 1. The molecule has 3 amide bonds. The summed E-state index contributed by atoms with van der Waals surface area (Å²) < 4.78 is 0. The summed E-state index contributed by atoms with van der Waals surface area (Å²) in [5, 5.41) is 3.25. The number of anilines is 2. The van der Waals surface area contributed by atoms with Crippen molar-refractivity contribution in [2.24, 2.45) is 0 Å². The molecule has 1 aliphatic heterocycles. The van der Waals surface area contributed by atoms with Crippen molar-refractivity contribution >= 4 is 64.1 Å². The number of halogens is 2. The molecule has 134 valence electrons. The molecule has 0 radical (unpaired) electrons. The summed E-state index contributed by atoms with van der Waals surface area (Å²) in [6.45, 7) is 0. The van der Waals surface area contributed by atoms with Gasteiger partial charge in [0, 0.05) is 22.2 Å². The topological polar surface area (TPSA) is 66.5 Å². The van der Waals surface area contributed by atoms with E-state index in [1.165, 1.54) is 0 Å². The van der Waals surface area contributed by atoms with E-state index >= 15 is 0 Å². The van der Waals surface area contributed by atoms with Gasteiger partial charge in [0.25, 0.3) is 0 Å². The third-order valence-corrected chi connectivity index (χ3v) is 5.44. The Hall–Kier alpha value is -2.02. The Morgan fingerprint density at radius 3 is 2.23 bits per heavy atom. The van der Waals surface area contributed by atoms with Crippen molar-refractivity contribution in [3.05, 3.63) is 58.6 Å². The average Bonchev–Trinajstić information content (AvgIpc) is 2.90. The smallest absolute Gasteiger partial charge is 0.247 e. The van der Waals surface area contributed by atoms with Gasteiger partial charge >= 0.3 is 0 Å². The Bertz CT molecular complexity index is 841. The lowest BCUT2D eigenvalue weighted by molar-refractivity contribution is -0.121. The third kappa shape index (κ3) is 4.38. The Morgan fingerprint density at radius 2 is 1.62 bits per heavy atom. The summed E-state index contributed by atoms with van der Waals surface area (Å²) in [5.41, 5.74) is 1.11. The highest BCUT2D eigenvalue weighted by Gasteiger charge is 2.40. The van der Waals surface area contributed by atoms with Crippen molar-refractivity contribution in [3.63, 3.8) is 0 Å². The maximum Gasteiger partial charge on any atom is 0.247 e. The molecule has 0 saturated carbocycles. The van der Waals surface area contributed by atoms with Crippen molar-refractivity contribution < 1.29 is 14.4 Å². The predicted octanol–water partition coefficient (Wildman–Crippen LogP) is 4.00. The quantitative estimate of drug-likeness (QED) is 0.759. The zero-order valence-corrected chi connectivity index (χ0v) is 15.8. The first-order valence-corrected chi connectivity index (χ1v) is 9.54. The van der Waals surface area contributed by atoms with E-state index in [-0.39, 0.29) is 29.9 Å². The fourth-order valence-corrected chi connectivity index (χ4v) is 3.69. The fourth-order valence-electron chi connectivity index (χ4n) is 2.50. The molecule has 5 nitrogen and oxygen atoms in total. The van der Waals surface area contributed by atoms with Crippen LogP contribution in [0.4, 0.5) is 11.4 Å². The lowest BCUT2D eigenvalue weighted by Crippen LogP contribution is -2.31. The van der Waals surface area contributed by atoms with E-state index in [1.807, 2.05) is 0 Å². The van der Waals surface area contributed by atoms with Crippen LogP contribution >= 0.6 is 35.0 Å². The van der Waals surface area contributed by atoms with Crippen LogP contribution in [0.1, 0.15) is 6.42 Å². The second kappa shape index (κ2) is 8.12. The maximum absolute atomic E-state index is 12.5. The van der Waals surface area contributed by atoms with Crippen LogP contribution in [0, 0.1) is 0 Å². The van der Waals surface area contributed by atoms with Crippen LogP contribution in [0.25, 0.3) is 0 Å². The highest BCUT2D eigenvalue weighted by Crippen LogP contribution is 2.30. The van der Waals surface area contributed by atoms with Crippen LogP contribution < -0.4 is 10.2 Å². The maximum atomic E-state index is 12.5. The second-order valence-electron chi connectivity index (χ2n) is 5.60. The molecular formula is C18H14Cl2N2O3S. The molecule has 0 aromatic heterocycles. The average molecular weight is 409 g/mol. The van der Waals surface area contributed by atoms with Gasteiger partial charge in [-0.05, 0) is 48.5 Å². The van der Waals surface area contributed by atoms with Crippen molar-refractivity contribution in [2.75, 3.05) is 16.0 Å². The number of carbonyl (C=O) groups excluding carboxylic acids is 3. The van der Waals surface area contributed by atoms with Crippen molar-refractivity contribution in [1.82, 2.24) is 0 Å². The number of thioether (sulfide) groups is 1. The first-order chi connectivity index (χ1) is 12.4. The van der Waals surface area contributed by atoms with Gasteiger partial charge in [-0.25, -0.2) is 4.90 Å². The Balaban J connectivity index is 1.57. The van der Waals surface area contributed by atoms with Crippen molar-refractivity contribution in [2.45, 2.75) is 11.7 Å². The minimum atomic E-state index is -0.575. The molecule has 0 aliphatic carbocycles. The molecule has 0 spiro atoms. The lowest BCUT2D eigenvalue weighted by atomic mass is 10.3. The van der Waals surface area contributed by atoms with Gasteiger partial charge in [-0.15, -0.1) is 11.8 Å². The molecule has 1 aliphatic rings. The molecule has 2 aromatic carbocycles. The van der Waals surface area contributed by atoms with E-state index in [1.54, 1.807) is 48.5 Å². The Morgan fingerprint density at radius 1 is 1.04 bits per heavy atom. The number of rotatable bonds is 5. The SMILES string of the molecule is O=C(CS[C@@H]1CC(=O)N(c2ccc(Cl)cc2)C1=O)Nc1ccc(Cl)cc1. The molecule has 1 N–H and O–H groups in total. The van der Waals surface area contributed by atoms with E-state index in [2.05, 4.69) is 5.32 Å². The van der Waals surface area contributed by atoms with Gasteiger partial charge in [0.1, 0.15) is 0 Å². The standard InChI is InChI=1S/C18H14Cl2N2O3S/c19-11-1-5-13(6-2-11)21-16(23)10-26-15-9-17(24)22(18(15)25)14-7-3-12(20)4-8-14/h1-8,15H,9-10H2,(H,21,23)/t15-/m1/s1. The van der Waals surface area contributed by atoms with Crippen LogP contribution in [-0.4, -0.2) is 28.7 Å². The molecular weight excluding hydrogens is 395 g/mol. The number of nitrogens with one attached hydrogen (secondary N) is 1. The van der Waals surface area contributed by atoms with E-state index < -0.39 is 5.25 Å². The van der Waals surface area contributed by atoms with Gasteiger partial charge in [-0.2, -0.15) is 0 Å². The van der Waals surface area contributed by atoms with Gasteiger partial charge in [-0.3, -0.25) is 14.4 Å². The summed E-state index contributed by atoms with van der Waals surface area (Å²) in [6.07, 6.45) is 0.0698. The van der Waals surface area contributed by atoms with E-state index in [4.69, 9.17) is 23.2 Å². The van der Waals surface area contributed by atoms with Crippen LogP contribution in [-0.2, 0) is 14.4 Å². The van der Waals surface area contributed by atoms with Crippen LogP contribution in [0.2, 0.25) is 10.0 Å². The van der Waals surface area contributed by atoms with E-state index in [0.29, 0.717) is 21.4 Å². The van der Waals surface area contributed by atoms with Gasteiger partial charge in [0.15, 0.2) is 0 Å². The van der Waals surface area contributed by atoms with Crippen LogP contribution in [0.15, 0.2) is 48.5 Å². The van der Waals surface area contributed by atoms with Crippen LogP contribution in [0.5, 0.6) is 0 Å². The lowest BCUT2D eigenvalue weighted by Gasteiger charge is -2.15. The molecule has 2 aromatic rings. The number of hydrogen-bond acceptors (Lipinski definition) is 4. The summed E-state index contributed by atoms with van der Waals surface area (Å²) in [5.74, 6) is -0.780. The normalized spacial score (nSPS) is 16.8. The monoisotopic (exact) mass is 408 g/mol.